The van der Waals surface area contributed by atoms with Crippen LogP contribution in [0.4, 0.5) is 0 Å². The summed E-state index contributed by atoms with van der Waals surface area (Å²) in [6.45, 7) is 0.672. The number of benzene rings is 1. The van der Waals surface area contributed by atoms with E-state index < -0.39 is 0 Å². The molecule has 0 saturated heterocycles. The van der Waals surface area contributed by atoms with Gasteiger partial charge in [-0.1, -0.05) is 23.7 Å². The number of ether oxygens (including phenoxy) is 2. The Morgan fingerprint density at radius 1 is 1.17 bits per heavy atom. The number of hydrogen-bond donors (Lipinski definition) is 0. The van der Waals surface area contributed by atoms with E-state index in [0.717, 1.165) is 22.6 Å². The van der Waals surface area contributed by atoms with Gasteiger partial charge in [0, 0.05) is 5.56 Å². The Balaban J connectivity index is 1.78. The van der Waals surface area contributed by atoms with Crippen molar-refractivity contribution in [3.63, 3.8) is 0 Å². The minimum atomic E-state index is 0.180. The molecule has 1 aliphatic carbocycles. The molecule has 0 bridgehead atoms. The predicted octanol–water partition coefficient (Wildman–Crippen LogP) is 3.88. The van der Waals surface area contributed by atoms with Crippen LogP contribution in [0.3, 0.4) is 0 Å². The van der Waals surface area contributed by atoms with E-state index in [-0.39, 0.29) is 5.54 Å². The van der Waals surface area contributed by atoms with Crippen LogP contribution in [0.1, 0.15) is 12.8 Å². The summed E-state index contributed by atoms with van der Waals surface area (Å²) in [6, 6.07) is 9.69. The summed E-state index contributed by atoms with van der Waals surface area (Å²) in [6.07, 6.45) is 4.03. The van der Waals surface area contributed by atoms with Gasteiger partial charge in [-0.2, -0.15) is 0 Å². The van der Waals surface area contributed by atoms with Gasteiger partial charge in [0.2, 0.25) is 0 Å². The second kappa shape index (κ2) is 6.38. The van der Waals surface area contributed by atoms with Crippen LogP contribution >= 0.6 is 11.6 Å². The maximum Gasteiger partial charge on any atom is 0.138 e. The average molecular weight is 333 g/mol. The Morgan fingerprint density at radius 2 is 1.87 bits per heavy atom. The third-order valence-corrected chi connectivity index (χ3v) is 4.80. The molecule has 23 heavy (non-hydrogen) atoms. The minimum Gasteiger partial charge on any atom is -0.497 e. The van der Waals surface area contributed by atoms with Crippen molar-refractivity contribution in [2.45, 2.75) is 18.4 Å². The first-order valence-electron chi connectivity index (χ1n) is 7.64. The van der Waals surface area contributed by atoms with Crippen molar-refractivity contribution in [1.82, 2.24) is 9.88 Å². The highest BCUT2D eigenvalue weighted by atomic mass is 35.5. The van der Waals surface area contributed by atoms with Crippen molar-refractivity contribution < 1.29 is 9.47 Å². The highest BCUT2D eigenvalue weighted by Gasteiger charge is 2.45. The molecule has 1 fully saturated rings. The Hall–Kier alpha value is -1.78. The van der Waals surface area contributed by atoms with Gasteiger partial charge in [0.25, 0.3) is 0 Å². The standard InChI is InChI=1S/C18H21ClN2O2/c1-21(2)18(8-9-18)12-23-15-10-16(17(19)20-11-15)13-4-6-14(22-3)7-5-13/h4-7,10-11H,8-9,12H2,1-3H3. The Morgan fingerprint density at radius 3 is 2.43 bits per heavy atom. The van der Waals surface area contributed by atoms with Crippen molar-refractivity contribution >= 4 is 11.6 Å². The first-order chi connectivity index (χ1) is 11.0. The van der Waals surface area contributed by atoms with Gasteiger partial charge in [0.1, 0.15) is 23.3 Å². The summed E-state index contributed by atoms with van der Waals surface area (Å²) in [7, 11) is 5.84. The largest absolute Gasteiger partial charge is 0.497 e. The molecule has 1 aromatic carbocycles. The Labute approximate surface area is 142 Å². The van der Waals surface area contributed by atoms with Crippen molar-refractivity contribution in [1.29, 1.82) is 0 Å². The molecule has 0 aliphatic heterocycles. The van der Waals surface area contributed by atoms with Gasteiger partial charge in [-0.05, 0) is 50.7 Å². The first-order valence-corrected chi connectivity index (χ1v) is 8.02. The average Bonchev–Trinajstić information content (AvgIpc) is 3.36. The fourth-order valence-corrected chi connectivity index (χ4v) is 2.78. The van der Waals surface area contributed by atoms with Gasteiger partial charge >= 0.3 is 0 Å². The van der Waals surface area contributed by atoms with Crippen LogP contribution in [0.15, 0.2) is 36.5 Å². The molecule has 4 nitrogen and oxygen atoms in total. The van der Waals surface area contributed by atoms with Crippen LogP contribution < -0.4 is 9.47 Å². The van der Waals surface area contributed by atoms with Gasteiger partial charge in [0.15, 0.2) is 0 Å². The normalized spacial score (nSPS) is 15.5. The monoisotopic (exact) mass is 332 g/mol. The molecule has 1 heterocycles. The van der Waals surface area contributed by atoms with Crippen molar-refractivity contribution in [3.8, 4) is 22.6 Å². The minimum absolute atomic E-state index is 0.180. The second-order valence-electron chi connectivity index (χ2n) is 6.15. The van der Waals surface area contributed by atoms with E-state index in [1.807, 2.05) is 30.3 Å². The number of halogens is 1. The van der Waals surface area contributed by atoms with E-state index in [2.05, 4.69) is 24.0 Å². The molecule has 0 spiro atoms. The topological polar surface area (TPSA) is 34.6 Å². The van der Waals surface area contributed by atoms with Gasteiger partial charge < -0.3 is 14.4 Å². The molecular formula is C18H21ClN2O2. The predicted molar refractivity (Wildman–Crippen MR) is 92.4 cm³/mol. The van der Waals surface area contributed by atoms with Gasteiger partial charge in [-0.3, -0.25) is 0 Å². The highest BCUT2D eigenvalue weighted by molar-refractivity contribution is 6.32. The highest BCUT2D eigenvalue weighted by Crippen LogP contribution is 2.40. The lowest BCUT2D eigenvalue weighted by molar-refractivity contribution is 0.167. The van der Waals surface area contributed by atoms with E-state index in [1.165, 1.54) is 12.8 Å². The number of methoxy groups -OCH3 is 1. The van der Waals surface area contributed by atoms with Gasteiger partial charge in [-0.15, -0.1) is 0 Å². The van der Waals surface area contributed by atoms with Crippen LogP contribution in [-0.2, 0) is 0 Å². The number of pyridine rings is 1. The summed E-state index contributed by atoms with van der Waals surface area (Å²) >= 11 is 6.25. The van der Waals surface area contributed by atoms with Crippen molar-refractivity contribution in [2.24, 2.45) is 0 Å². The van der Waals surface area contributed by atoms with E-state index in [4.69, 9.17) is 21.1 Å². The number of likely N-dealkylation sites (N-methyl/N-ethyl adjacent to an activating group) is 1. The summed E-state index contributed by atoms with van der Waals surface area (Å²) in [5, 5.41) is 0.469. The lowest BCUT2D eigenvalue weighted by Gasteiger charge is -2.23. The SMILES string of the molecule is COc1ccc(-c2cc(OCC3(N(C)C)CC3)cnc2Cl)cc1. The fraction of sp³-hybridized carbons (Fsp3) is 0.389. The van der Waals surface area contributed by atoms with Crippen LogP contribution in [0, 0.1) is 0 Å². The van der Waals surface area contributed by atoms with Gasteiger partial charge in [0.05, 0.1) is 18.8 Å². The van der Waals surface area contributed by atoms with Gasteiger partial charge in [-0.25, -0.2) is 4.98 Å². The molecular weight excluding hydrogens is 312 g/mol. The molecule has 2 aromatic rings. The van der Waals surface area contributed by atoms with E-state index in [9.17, 15) is 0 Å². The third-order valence-electron chi connectivity index (χ3n) is 4.50. The van der Waals surface area contributed by atoms with Crippen LogP contribution in [-0.4, -0.2) is 43.2 Å². The smallest absolute Gasteiger partial charge is 0.138 e. The van der Waals surface area contributed by atoms with E-state index in [0.29, 0.717) is 11.8 Å². The quantitative estimate of drug-likeness (QED) is 0.752. The van der Waals surface area contributed by atoms with Crippen LogP contribution in [0.5, 0.6) is 11.5 Å². The zero-order chi connectivity index (χ0) is 16.4. The lowest BCUT2D eigenvalue weighted by Crippen LogP contribution is -2.35. The number of hydrogen-bond acceptors (Lipinski definition) is 4. The fourth-order valence-electron chi connectivity index (χ4n) is 2.56. The molecule has 0 N–H and O–H groups in total. The molecule has 0 unspecified atom stereocenters. The third kappa shape index (κ3) is 3.43. The Kier molecular flexibility index (Phi) is 4.46. The molecule has 122 valence electrons. The molecule has 0 atom stereocenters. The second-order valence-corrected chi connectivity index (χ2v) is 6.50. The number of aromatic nitrogens is 1. The van der Waals surface area contributed by atoms with Crippen LogP contribution in [0.2, 0.25) is 5.15 Å². The zero-order valence-corrected chi connectivity index (χ0v) is 14.4. The molecule has 3 rings (SSSR count). The summed E-state index contributed by atoms with van der Waals surface area (Å²) in [5.41, 5.74) is 2.03. The van der Waals surface area contributed by atoms with Crippen molar-refractivity contribution in [2.75, 3.05) is 27.8 Å². The summed E-state index contributed by atoms with van der Waals surface area (Å²) in [4.78, 5) is 6.50. The molecule has 0 radical (unpaired) electrons. The summed E-state index contributed by atoms with van der Waals surface area (Å²) in [5.74, 6) is 1.56. The molecule has 5 heteroatoms. The first kappa shape index (κ1) is 16.1. The number of nitrogens with zero attached hydrogens (tertiary/aromatic N) is 2. The number of rotatable bonds is 6. The lowest BCUT2D eigenvalue weighted by atomic mass is 10.1. The van der Waals surface area contributed by atoms with E-state index >= 15 is 0 Å². The molecule has 0 amide bonds. The molecule has 1 aromatic heterocycles. The van der Waals surface area contributed by atoms with E-state index in [1.54, 1.807) is 13.3 Å². The molecule has 1 saturated carbocycles. The summed E-state index contributed by atoms with van der Waals surface area (Å²) < 4.78 is 11.2. The van der Waals surface area contributed by atoms with Crippen molar-refractivity contribution in [3.05, 3.63) is 41.7 Å². The maximum atomic E-state index is 6.25. The zero-order valence-electron chi connectivity index (χ0n) is 13.7. The Bertz CT molecular complexity index is 682. The molecule has 1 aliphatic rings. The maximum absolute atomic E-state index is 6.25. The van der Waals surface area contributed by atoms with Crippen LogP contribution in [0.25, 0.3) is 11.1 Å².